The quantitative estimate of drug-likeness (QED) is 0.527. The number of carbonyl (C=O) groups is 3. The second-order valence-electron chi connectivity index (χ2n) is 9.56. The van der Waals surface area contributed by atoms with E-state index >= 15 is 0 Å². The van der Waals surface area contributed by atoms with Crippen molar-refractivity contribution in [2.24, 2.45) is 0 Å². The fourth-order valence-electron chi connectivity index (χ4n) is 3.66. The van der Waals surface area contributed by atoms with Crippen LogP contribution in [0.2, 0.25) is 25.7 Å². The van der Waals surface area contributed by atoms with Gasteiger partial charge in [-0.2, -0.15) is 0 Å². The highest BCUT2D eigenvalue weighted by Gasteiger charge is 2.36. The number of Topliss-reactive ketones (excluding diaryl/α,β-unsaturated/α-hetero) is 1. The third-order valence-corrected chi connectivity index (χ3v) is 9.04. The number of fused-ring (bicyclic) bond motifs is 1. The molecule has 0 saturated heterocycles. The van der Waals surface area contributed by atoms with Crippen LogP contribution in [0.15, 0.2) is 47.2 Å². The van der Waals surface area contributed by atoms with Gasteiger partial charge in [0.25, 0.3) is 10.0 Å². The number of nitrogens with one attached hydrogen (secondary N) is 1. The molecule has 1 N–H and O–H groups in total. The standard InChI is InChI=1S/C24H30N2O6SSi/c1-16-6-8-18(9-7-16)33(30,31)26-15-17(10-12-25-21(28)11-13-34(3,4)5)22-19(27)14-20(32-2)24(29)23(22)26/h6-9,14-15H,10-13H2,1-5H3,(H,25,28). The highest BCUT2D eigenvalue weighted by atomic mass is 32.2. The van der Waals surface area contributed by atoms with E-state index in [2.05, 4.69) is 25.0 Å². The van der Waals surface area contributed by atoms with Gasteiger partial charge in [0.05, 0.1) is 17.6 Å². The van der Waals surface area contributed by atoms with Crippen molar-refractivity contribution in [3.8, 4) is 0 Å². The van der Waals surface area contributed by atoms with Crippen LogP contribution in [0.25, 0.3) is 0 Å². The van der Waals surface area contributed by atoms with Gasteiger partial charge in [-0.3, -0.25) is 14.4 Å². The summed E-state index contributed by atoms with van der Waals surface area (Å²) in [5.74, 6) is -1.50. The number of rotatable bonds is 9. The molecule has 1 aliphatic carbocycles. The fourth-order valence-corrected chi connectivity index (χ4v) is 6.03. The van der Waals surface area contributed by atoms with Crippen LogP contribution in [-0.2, 0) is 26.0 Å². The van der Waals surface area contributed by atoms with Gasteiger partial charge in [-0.15, -0.1) is 0 Å². The van der Waals surface area contributed by atoms with Gasteiger partial charge in [0.2, 0.25) is 11.7 Å². The van der Waals surface area contributed by atoms with E-state index in [9.17, 15) is 22.8 Å². The Morgan fingerprint density at radius 2 is 1.76 bits per heavy atom. The van der Waals surface area contributed by atoms with E-state index in [0.29, 0.717) is 12.0 Å². The van der Waals surface area contributed by atoms with E-state index in [1.807, 2.05) is 6.92 Å². The van der Waals surface area contributed by atoms with Crippen molar-refractivity contribution in [1.82, 2.24) is 9.29 Å². The van der Waals surface area contributed by atoms with Crippen molar-refractivity contribution < 1.29 is 27.5 Å². The molecular formula is C24H30N2O6SSi. The number of ketones is 2. The number of aromatic nitrogens is 1. The molecule has 182 valence electrons. The summed E-state index contributed by atoms with van der Waals surface area (Å²) in [6.07, 6.45) is 3.00. The van der Waals surface area contributed by atoms with Gasteiger partial charge in [0.1, 0.15) is 5.69 Å². The molecule has 0 radical (unpaired) electrons. The Morgan fingerprint density at radius 3 is 2.35 bits per heavy atom. The van der Waals surface area contributed by atoms with Crippen LogP contribution in [0.3, 0.4) is 0 Å². The van der Waals surface area contributed by atoms with E-state index in [4.69, 9.17) is 4.74 Å². The second kappa shape index (κ2) is 9.71. The minimum absolute atomic E-state index is 0.00383. The van der Waals surface area contributed by atoms with Crippen LogP contribution in [0.1, 0.15) is 38.4 Å². The van der Waals surface area contributed by atoms with Crippen LogP contribution in [0.5, 0.6) is 0 Å². The summed E-state index contributed by atoms with van der Waals surface area (Å²) in [4.78, 5) is 38.1. The molecule has 1 aliphatic rings. The van der Waals surface area contributed by atoms with Gasteiger partial charge < -0.3 is 10.1 Å². The first-order chi connectivity index (χ1) is 15.8. The SMILES string of the molecule is COC1=CC(=O)c2c(CCNC(=O)CC[Si](C)(C)C)cn(S(=O)(=O)c3ccc(C)cc3)c2C1=O. The summed E-state index contributed by atoms with van der Waals surface area (Å²) in [6, 6.07) is 7.09. The van der Waals surface area contributed by atoms with Crippen LogP contribution < -0.4 is 5.32 Å². The molecule has 34 heavy (non-hydrogen) atoms. The largest absolute Gasteiger partial charge is 0.492 e. The molecule has 1 aromatic heterocycles. The smallest absolute Gasteiger partial charge is 0.268 e. The summed E-state index contributed by atoms with van der Waals surface area (Å²) in [6.45, 7) is 8.62. The number of carbonyl (C=O) groups excluding carboxylic acids is 3. The lowest BCUT2D eigenvalue weighted by Crippen LogP contribution is -2.29. The Hall–Kier alpha value is -2.98. The predicted octanol–water partition coefficient (Wildman–Crippen LogP) is 3.33. The second-order valence-corrected chi connectivity index (χ2v) is 17.0. The van der Waals surface area contributed by atoms with E-state index in [1.54, 1.807) is 12.1 Å². The van der Waals surface area contributed by atoms with Crippen LogP contribution >= 0.6 is 0 Å². The van der Waals surface area contributed by atoms with E-state index < -0.39 is 29.7 Å². The van der Waals surface area contributed by atoms with Gasteiger partial charge in [0, 0.05) is 33.3 Å². The number of ether oxygens (including phenoxy) is 1. The van der Waals surface area contributed by atoms with Crippen molar-refractivity contribution >= 4 is 35.6 Å². The Morgan fingerprint density at radius 1 is 1.12 bits per heavy atom. The summed E-state index contributed by atoms with van der Waals surface area (Å²) < 4.78 is 32.7. The zero-order chi connectivity index (χ0) is 25.3. The normalized spacial score (nSPS) is 14.0. The highest BCUT2D eigenvalue weighted by molar-refractivity contribution is 7.90. The summed E-state index contributed by atoms with van der Waals surface area (Å²) >= 11 is 0. The Kier molecular flexibility index (Phi) is 7.32. The molecule has 1 aromatic carbocycles. The molecule has 8 nitrogen and oxygen atoms in total. The van der Waals surface area contributed by atoms with Gasteiger partial charge in [0.15, 0.2) is 11.5 Å². The first-order valence-corrected chi connectivity index (χ1v) is 16.2. The Balaban J connectivity index is 1.95. The monoisotopic (exact) mass is 502 g/mol. The van der Waals surface area contributed by atoms with Crippen LogP contribution in [0, 0.1) is 6.92 Å². The minimum atomic E-state index is -4.15. The maximum absolute atomic E-state index is 13.4. The van der Waals surface area contributed by atoms with E-state index in [-0.39, 0.29) is 40.8 Å². The number of hydrogen-bond donors (Lipinski definition) is 1. The summed E-state index contributed by atoms with van der Waals surface area (Å²) in [5.41, 5.74) is 1.04. The number of nitrogens with zero attached hydrogens (tertiary/aromatic N) is 1. The Bertz CT molecular complexity index is 1270. The third-order valence-electron chi connectivity index (χ3n) is 5.62. The van der Waals surface area contributed by atoms with Crippen molar-refractivity contribution in [3.63, 3.8) is 0 Å². The predicted molar refractivity (Wildman–Crippen MR) is 131 cm³/mol. The molecule has 0 fully saturated rings. The lowest BCUT2D eigenvalue weighted by Gasteiger charge is -2.15. The number of methoxy groups -OCH3 is 1. The molecule has 0 aliphatic heterocycles. The zero-order valence-electron chi connectivity index (χ0n) is 20.1. The lowest BCUT2D eigenvalue weighted by molar-refractivity contribution is -0.120. The topological polar surface area (TPSA) is 112 Å². The van der Waals surface area contributed by atoms with Crippen molar-refractivity contribution in [2.75, 3.05) is 13.7 Å². The van der Waals surface area contributed by atoms with Crippen LogP contribution in [-0.4, -0.2) is 51.6 Å². The molecule has 0 spiro atoms. The molecule has 2 aromatic rings. The number of allylic oxidation sites excluding steroid dienone is 2. The molecule has 1 amide bonds. The average Bonchev–Trinajstić information content (AvgIpc) is 3.16. The lowest BCUT2D eigenvalue weighted by atomic mass is 9.96. The Labute approximate surface area is 201 Å². The molecule has 0 saturated carbocycles. The molecule has 10 heteroatoms. The molecule has 0 bridgehead atoms. The first kappa shape index (κ1) is 25.6. The molecule has 1 heterocycles. The maximum Gasteiger partial charge on any atom is 0.268 e. The maximum atomic E-state index is 13.4. The molecular weight excluding hydrogens is 472 g/mol. The number of benzene rings is 1. The van der Waals surface area contributed by atoms with Crippen LogP contribution in [0.4, 0.5) is 0 Å². The summed E-state index contributed by atoms with van der Waals surface area (Å²) in [7, 11) is -4.26. The van der Waals surface area contributed by atoms with Crippen molar-refractivity contribution in [2.45, 2.75) is 50.3 Å². The number of amides is 1. The molecule has 0 atom stereocenters. The zero-order valence-corrected chi connectivity index (χ0v) is 21.9. The van der Waals surface area contributed by atoms with Gasteiger partial charge >= 0.3 is 0 Å². The van der Waals surface area contributed by atoms with Gasteiger partial charge in [-0.05, 0) is 37.1 Å². The van der Waals surface area contributed by atoms with Crippen molar-refractivity contribution in [3.05, 3.63) is 64.7 Å². The number of hydrogen-bond acceptors (Lipinski definition) is 6. The fraction of sp³-hybridized carbons (Fsp3) is 0.375. The average molecular weight is 503 g/mol. The molecule has 3 rings (SSSR count). The van der Waals surface area contributed by atoms with E-state index in [0.717, 1.165) is 21.7 Å². The molecule has 0 unspecified atom stereocenters. The number of aryl methyl sites for hydroxylation is 1. The van der Waals surface area contributed by atoms with Gasteiger partial charge in [-0.25, -0.2) is 12.4 Å². The third kappa shape index (κ3) is 5.39. The van der Waals surface area contributed by atoms with E-state index in [1.165, 1.54) is 25.4 Å². The highest BCUT2D eigenvalue weighted by Crippen LogP contribution is 2.30. The first-order valence-electron chi connectivity index (χ1n) is 11.0. The summed E-state index contributed by atoms with van der Waals surface area (Å²) in [5, 5.41) is 2.83. The van der Waals surface area contributed by atoms with Crippen molar-refractivity contribution in [1.29, 1.82) is 0 Å². The van der Waals surface area contributed by atoms with Gasteiger partial charge in [-0.1, -0.05) is 37.3 Å². The minimum Gasteiger partial charge on any atom is -0.492 e.